The minimum atomic E-state index is 0.121. The van der Waals surface area contributed by atoms with Crippen molar-refractivity contribution in [2.24, 2.45) is 0 Å². The lowest BCUT2D eigenvalue weighted by molar-refractivity contribution is -0.121. The van der Waals surface area contributed by atoms with Crippen molar-refractivity contribution in [3.63, 3.8) is 0 Å². The topological polar surface area (TPSA) is 29.1 Å². The molecule has 0 heterocycles. The van der Waals surface area contributed by atoms with E-state index < -0.39 is 0 Å². The maximum Gasteiger partial charge on any atom is 0.219 e. The standard InChI is InChI=1S/C11H18ClNO/c1-2-3-4-7-10-13-11(14)8-5-6-9-12/h1H,3-10H2,(H,13,14). The molecular formula is C11H18ClNO. The third kappa shape index (κ3) is 9.41. The summed E-state index contributed by atoms with van der Waals surface area (Å²) in [6.45, 7) is 0.737. The first-order valence-corrected chi connectivity index (χ1v) is 5.61. The van der Waals surface area contributed by atoms with E-state index in [0.717, 1.165) is 38.6 Å². The van der Waals surface area contributed by atoms with Crippen molar-refractivity contribution < 1.29 is 4.79 Å². The molecule has 0 aliphatic carbocycles. The SMILES string of the molecule is C#CCCCCNC(=O)CCCCCl. The molecule has 0 saturated carbocycles. The highest BCUT2D eigenvalue weighted by Gasteiger charge is 1.98. The Morgan fingerprint density at radius 2 is 2.07 bits per heavy atom. The van der Waals surface area contributed by atoms with Gasteiger partial charge in [0.2, 0.25) is 5.91 Å². The zero-order valence-corrected chi connectivity index (χ0v) is 9.28. The number of terminal acetylenes is 1. The second-order valence-electron chi connectivity index (χ2n) is 3.16. The first-order valence-electron chi connectivity index (χ1n) is 5.07. The van der Waals surface area contributed by atoms with Crippen LogP contribution in [0, 0.1) is 12.3 Å². The fourth-order valence-electron chi connectivity index (χ4n) is 1.05. The lowest BCUT2D eigenvalue weighted by Gasteiger charge is -2.03. The molecule has 0 bridgehead atoms. The van der Waals surface area contributed by atoms with Crippen molar-refractivity contribution >= 4 is 17.5 Å². The van der Waals surface area contributed by atoms with Gasteiger partial charge in [0.05, 0.1) is 0 Å². The van der Waals surface area contributed by atoms with E-state index in [9.17, 15) is 4.79 Å². The second kappa shape index (κ2) is 10.4. The van der Waals surface area contributed by atoms with E-state index in [4.69, 9.17) is 18.0 Å². The van der Waals surface area contributed by atoms with Crippen LogP contribution < -0.4 is 5.32 Å². The van der Waals surface area contributed by atoms with E-state index >= 15 is 0 Å². The van der Waals surface area contributed by atoms with Gasteiger partial charge >= 0.3 is 0 Å². The molecule has 0 aromatic rings. The van der Waals surface area contributed by atoms with Crippen LogP contribution in [-0.2, 0) is 4.79 Å². The highest BCUT2D eigenvalue weighted by molar-refractivity contribution is 6.17. The van der Waals surface area contributed by atoms with Gasteiger partial charge in [-0.15, -0.1) is 23.9 Å². The molecule has 0 aliphatic rings. The summed E-state index contributed by atoms with van der Waals surface area (Å²) in [5.41, 5.74) is 0. The van der Waals surface area contributed by atoms with Crippen molar-refractivity contribution in [2.75, 3.05) is 12.4 Å². The van der Waals surface area contributed by atoms with Gasteiger partial charge in [-0.1, -0.05) is 0 Å². The average Bonchev–Trinajstić information content (AvgIpc) is 2.18. The molecule has 14 heavy (non-hydrogen) atoms. The fraction of sp³-hybridized carbons (Fsp3) is 0.727. The van der Waals surface area contributed by atoms with Crippen molar-refractivity contribution in [3.05, 3.63) is 0 Å². The average molecular weight is 216 g/mol. The Balaban J connectivity index is 3.15. The predicted octanol–water partition coefficient (Wildman–Crippen LogP) is 2.32. The third-order valence-electron chi connectivity index (χ3n) is 1.86. The van der Waals surface area contributed by atoms with Crippen LogP contribution in [-0.4, -0.2) is 18.3 Å². The smallest absolute Gasteiger partial charge is 0.219 e. The Kier molecular flexibility index (Phi) is 9.90. The number of hydrogen-bond acceptors (Lipinski definition) is 1. The van der Waals surface area contributed by atoms with E-state index in [1.165, 1.54) is 0 Å². The summed E-state index contributed by atoms with van der Waals surface area (Å²) in [5, 5.41) is 2.85. The van der Waals surface area contributed by atoms with Crippen LogP contribution >= 0.6 is 11.6 Å². The quantitative estimate of drug-likeness (QED) is 0.376. The number of amides is 1. The van der Waals surface area contributed by atoms with Crippen LogP contribution in [0.25, 0.3) is 0 Å². The van der Waals surface area contributed by atoms with Gasteiger partial charge < -0.3 is 5.32 Å². The largest absolute Gasteiger partial charge is 0.356 e. The molecule has 1 amide bonds. The normalized spacial score (nSPS) is 9.43. The van der Waals surface area contributed by atoms with E-state index in [0.29, 0.717) is 12.3 Å². The molecule has 80 valence electrons. The zero-order valence-electron chi connectivity index (χ0n) is 8.52. The van der Waals surface area contributed by atoms with Crippen LogP contribution in [0.2, 0.25) is 0 Å². The molecule has 0 aliphatic heterocycles. The molecule has 0 fully saturated rings. The maximum absolute atomic E-state index is 11.2. The molecule has 0 atom stereocenters. The Morgan fingerprint density at radius 1 is 1.29 bits per heavy atom. The Bertz CT molecular complexity index is 186. The number of carbonyl (C=O) groups is 1. The molecule has 0 saturated heterocycles. The Morgan fingerprint density at radius 3 is 2.71 bits per heavy atom. The molecule has 0 radical (unpaired) electrons. The summed E-state index contributed by atoms with van der Waals surface area (Å²) in [6, 6.07) is 0. The van der Waals surface area contributed by atoms with Crippen LogP contribution in [0.4, 0.5) is 0 Å². The minimum Gasteiger partial charge on any atom is -0.356 e. The van der Waals surface area contributed by atoms with Crippen LogP contribution in [0.15, 0.2) is 0 Å². The van der Waals surface area contributed by atoms with Crippen molar-refractivity contribution in [3.8, 4) is 12.3 Å². The summed E-state index contributed by atoms with van der Waals surface area (Å²) < 4.78 is 0. The van der Waals surface area contributed by atoms with E-state index in [1.807, 2.05) is 0 Å². The summed E-state index contributed by atoms with van der Waals surface area (Å²) in [4.78, 5) is 11.2. The molecule has 2 nitrogen and oxygen atoms in total. The molecule has 0 aromatic heterocycles. The van der Waals surface area contributed by atoms with Gasteiger partial charge in [0.1, 0.15) is 0 Å². The summed E-state index contributed by atoms with van der Waals surface area (Å²) >= 11 is 5.50. The number of rotatable bonds is 8. The van der Waals surface area contributed by atoms with Gasteiger partial charge in [0.15, 0.2) is 0 Å². The first-order chi connectivity index (χ1) is 6.81. The number of nitrogens with one attached hydrogen (secondary N) is 1. The predicted molar refractivity (Wildman–Crippen MR) is 60.3 cm³/mol. The summed E-state index contributed by atoms with van der Waals surface area (Å²) in [5.74, 6) is 3.33. The molecular weight excluding hydrogens is 198 g/mol. The number of halogens is 1. The number of unbranched alkanes of at least 4 members (excludes halogenated alkanes) is 3. The lowest BCUT2D eigenvalue weighted by Crippen LogP contribution is -2.23. The fourth-order valence-corrected chi connectivity index (χ4v) is 1.24. The summed E-state index contributed by atoms with van der Waals surface area (Å²) in [7, 11) is 0. The van der Waals surface area contributed by atoms with Crippen molar-refractivity contribution in [1.82, 2.24) is 5.32 Å². The van der Waals surface area contributed by atoms with E-state index in [2.05, 4.69) is 11.2 Å². The van der Waals surface area contributed by atoms with Gasteiger partial charge in [0, 0.05) is 25.3 Å². The number of alkyl halides is 1. The number of hydrogen-bond donors (Lipinski definition) is 1. The molecule has 3 heteroatoms. The molecule has 0 rings (SSSR count). The van der Waals surface area contributed by atoms with Crippen LogP contribution in [0.5, 0.6) is 0 Å². The Hall–Kier alpha value is -0.680. The van der Waals surface area contributed by atoms with Crippen molar-refractivity contribution in [2.45, 2.75) is 38.5 Å². The van der Waals surface area contributed by atoms with Gasteiger partial charge in [-0.3, -0.25) is 4.79 Å². The molecule has 0 spiro atoms. The van der Waals surface area contributed by atoms with Gasteiger partial charge in [0.25, 0.3) is 0 Å². The van der Waals surface area contributed by atoms with Crippen molar-refractivity contribution in [1.29, 1.82) is 0 Å². The summed E-state index contributed by atoms with van der Waals surface area (Å²) in [6.07, 6.45) is 10.2. The highest BCUT2D eigenvalue weighted by atomic mass is 35.5. The first kappa shape index (κ1) is 13.3. The van der Waals surface area contributed by atoms with E-state index in [1.54, 1.807) is 0 Å². The molecule has 1 N–H and O–H groups in total. The second-order valence-corrected chi connectivity index (χ2v) is 3.54. The zero-order chi connectivity index (χ0) is 10.6. The third-order valence-corrected chi connectivity index (χ3v) is 2.12. The van der Waals surface area contributed by atoms with Crippen LogP contribution in [0.1, 0.15) is 38.5 Å². The highest BCUT2D eigenvalue weighted by Crippen LogP contribution is 1.97. The monoisotopic (exact) mass is 215 g/mol. The van der Waals surface area contributed by atoms with Crippen LogP contribution in [0.3, 0.4) is 0 Å². The maximum atomic E-state index is 11.2. The minimum absolute atomic E-state index is 0.121. The molecule has 0 unspecified atom stereocenters. The van der Waals surface area contributed by atoms with Gasteiger partial charge in [-0.25, -0.2) is 0 Å². The van der Waals surface area contributed by atoms with Gasteiger partial charge in [-0.2, -0.15) is 0 Å². The number of carbonyl (C=O) groups excluding carboxylic acids is 1. The lowest BCUT2D eigenvalue weighted by atomic mass is 10.2. The van der Waals surface area contributed by atoms with Gasteiger partial charge in [-0.05, 0) is 25.7 Å². The van der Waals surface area contributed by atoms with E-state index in [-0.39, 0.29) is 5.91 Å². The Labute approximate surface area is 91.4 Å². The molecule has 0 aromatic carbocycles.